The Hall–Kier alpha value is -4.68. The van der Waals surface area contributed by atoms with E-state index in [0.29, 0.717) is 52.6 Å². The molecule has 1 saturated carbocycles. The first-order valence-corrected chi connectivity index (χ1v) is 19.8. The van der Waals surface area contributed by atoms with Crippen molar-refractivity contribution in [3.63, 3.8) is 0 Å². The smallest absolute Gasteiger partial charge is 0.277 e. The minimum Gasteiger partial charge on any atom is -0.379 e. The van der Waals surface area contributed by atoms with Crippen LogP contribution in [-0.4, -0.2) is 105 Å². The van der Waals surface area contributed by atoms with Gasteiger partial charge in [-0.25, -0.2) is 0 Å². The number of carbonyl (C=O) groups excluding carboxylic acids is 4. The van der Waals surface area contributed by atoms with Crippen molar-refractivity contribution in [1.82, 2.24) is 33.6 Å². The van der Waals surface area contributed by atoms with Crippen LogP contribution in [0.5, 0.6) is 0 Å². The van der Waals surface area contributed by atoms with Gasteiger partial charge in [-0.2, -0.15) is 4.37 Å². The lowest BCUT2D eigenvalue weighted by Crippen LogP contribution is -2.38. The summed E-state index contributed by atoms with van der Waals surface area (Å²) in [6.45, 7) is 6.09. The van der Waals surface area contributed by atoms with Crippen molar-refractivity contribution in [1.29, 1.82) is 0 Å². The number of nitrogens with one attached hydrogen (secondary N) is 6. The van der Waals surface area contributed by atoms with Crippen LogP contribution in [0.1, 0.15) is 80.5 Å². The Balaban J connectivity index is 0.976. The highest BCUT2D eigenvalue weighted by molar-refractivity contribution is 7.11. The molecule has 0 spiro atoms. The SMILES string of the molecule is Cn1cc(NC(=O)c2cc(NC(=O)c3cc(NC(=O)c4nsc(NCCN5CCOCC5)c4Cl)cn3C)cn2C)cc1C(=O)NCCCNC1CCCCC1. The molecule has 5 heterocycles. The van der Waals surface area contributed by atoms with E-state index in [1.807, 2.05) is 0 Å². The summed E-state index contributed by atoms with van der Waals surface area (Å²) in [5.41, 5.74) is 2.35. The topological polar surface area (TPSA) is 181 Å². The summed E-state index contributed by atoms with van der Waals surface area (Å²) < 4.78 is 14.5. The Morgan fingerprint density at radius 2 is 1.31 bits per heavy atom. The second kappa shape index (κ2) is 18.8. The molecule has 16 nitrogen and oxygen atoms in total. The van der Waals surface area contributed by atoms with Gasteiger partial charge in [0.05, 0.1) is 30.3 Å². The maximum absolute atomic E-state index is 13.3. The van der Waals surface area contributed by atoms with E-state index in [-0.39, 0.29) is 22.3 Å². The highest BCUT2D eigenvalue weighted by atomic mass is 35.5. The van der Waals surface area contributed by atoms with E-state index in [2.05, 4.69) is 41.2 Å². The monoisotopic (exact) mass is 795 g/mol. The number of amides is 4. The number of anilines is 4. The molecule has 2 fully saturated rings. The first-order chi connectivity index (χ1) is 26.5. The molecule has 2 aliphatic rings. The van der Waals surface area contributed by atoms with Gasteiger partial charge in [0.1, 0.15) is 27.1 Å². The van der Waals surface area contributed by atoms with Crippen LogP contribution in [0.25, 0.3) is 0 Å². The molecule has 4 aromatic heterocycles. The van der Waals surface area contributed by atoms with Crippen molar-refractivity contribution in [3.8, 4) is 0 Å². The zero-order valence-corrected chi connectivity index (χ0v) is 33.1. The van der Waals surface area contributed by atoms with E-state index in [1.54, 1.807) is 71.6 Å². The molecule has 4 amide bonds. The number of hydrogen-bond acceptors (Lipinski definition) is 10. The number of aryl methyl sites for hydroxylation is 3. The van der Waals surface area contributed by atoms with Crippen LogP contribution in [0.15, 0.2) is 36.8 Å². The van der Waals surface area contributed by atoms with Gasteiger partial charge in [-0.1, -0.05) is 30.9 Å². The molecule has 296 valence electrons. The van der Waals surface area contributed by atoms with Crippen LogP contribution >= 0.6 is 23.1 Å². The fourth-order valence-electron chi connectivity index (χ4n) is 6.83. The van der Waals surface area contributed by atoms with Crippen molar-refractivity contribution >= 4 is 68.8 Å². The number of carbonyl (C=O) groups is 4. The quantitative estimate of drug-likeness (QED) is 0.0900. The van der Waals surface area contributed by atoms with Crippen LogP contribution in [0, 0.1) is 0 Å². The lowest BCUT2D eigenvalue weighted by Gasteiger charge is -2.26. The van der Waals surface area contributed by atoms with Crippen molar-refractivity contribution < 1.29 is 23.9 Å². The van der Waals surface area contributed by atoms with Gasteiger partial charge in [-0.05, 0) is 55.5 Å². The molecule has 0 unspecified atom stereocenters. The van der Waals surface area contributed by atoms with Crippen LogP contribution in [-0.2, 0) is 25.9 Å². The van der Waals surface area contributed by atoms with Gasteiger partial charge in [0.2, 0.25) is 0 Å². The molecule has 1 saturated heterocycles. The molecule has 0 bridgehead atoms. The highest BCUT2D eigenvalue weighted by Crippen LogP contribution is 2.31. The molecular weight excluding hydrogens is 746 g/mol. The Morgan fingerprint density at radius 1 is 0.764 bits per heavy atom. The zero-order chi connectivity index (χ0) is 38.9. The summed E-state index contributed by atoms with van der Waals surface area (Å²) in [6, 6.07) is 5.33. The lowest BCUT2D eigenvalue weighted by molar-refractivity contribution is 0.0398. The minimum atomic E-state index is -0.498. The zero-order valence-electron chi connectivity index (χ0n) is 31.5. The van der Waals surface area contributed by atoms with Crippen LogP contribution in [0.2, 0.25) is 5.02 Å². The largest absolute Gasteiger partial charge is 0.379 e. The van der Waals surface area contributed by atoms with E-state index >= 15 is 0 Å². The lowest BCUT2D eigenvalue weighted by atomic mass is 9.95. The average molecular weight is 796 g/mol. The van der Waals surface area contributed by atoms with Gasteiger partial charge >= 0.3 is 0 Å². The van der Waals surface area contributed by atoms with Gasteiger partial charge in [0.15, 0.2) is 5.69 Å². The van der Waals surface area contributed by atoms with Crippen LogP contribution in [0.4, 0.5) is 22.1 Å². The van der Waals surface area contributed by atoms with E-state index < -0.39 is 17.7 Å². The molecule has 1 aliphatic carbocycles. The predicted octanol–water partition coefficient (Wildman–Crippen LogP) is 4.36. The average Bonchev–Trinajstić information content (AvgIpc) is 3.94. The van der Waals surface area contributed by atoms with Gasteiger partial charge in [-0.3, -0.25) is 24.1 Å². The first kappa shape index (κ1) is 40.0. The molecule has 6 rings (SSSR count). The number of nitrogens with zero attached hydrogens (tertiary/aromatic N) is 5. The van der Waals surface area contributed by atoms with Crippen LogP contribution in [0.3, 0.4) is 0 Å². The minimum absolute atomic E-state index is 0.0912. The summed E-state index contributed by atoms with van der Waals surface area (Å²) in [5, 5.41) is 19.1. The standard InChI is InChI=1S/C37H50ClN11O5S/c1-46-21-25(18-28(46)33(50)40-11-7-10-39-24-8-5-4-6-9-24)42-34(51)29-19-26(22-47(29)2)43-35(52)30-20-27(23-48(30)3)44-36(53)32-31(38)37(55-45-32)41-12-13-49-14-16-54-17-15-49/h18-24,39,41H,4-17H2,1-3H3,(H,40,50)(H,42,51)(H,43,52)(H,44,53). The van der Waals surface area contributed by atoms with E-state index in [4.69, 9.17) is 16.3 Å². The van der Waals surface area contributed by atoms with Crippen molar-refractivity contribution in [2.24, 2.45) is 21.1 Å². The number of halogens is 1. The van der Waals surface area contributed by atoms with Crippen LogP contribution < -0.4 is 31.9 Å². The number of rotatable bonds is 16. The van der Waals surface area contributed by atoms with Gasteiger partial charge in [-0.15, -0.1) is 0 Å². The summed E-state index contributed by atoms with van der Waals surface area (Å²) in [6.07, 6.45) is 12.1. The van der Waals surface area contributed by atoms with E-state index in [1.165, 1.54) is 32.1 Å². The third-order valence-corrected chi connectivity index (χ3v) is 11.1. The molecule has 0 atom stereocenters. The van der Waals surface area contributed by atoms with Crippen molar-refractivity contribution in [3.05, 3.63) is 64.6 Å². The molecule has 1 aliphatic heterocycles. The summed E-state index contributed by atoms with van der Waals surface area (Å²) in [4.78, 5) is 54.8. The number of ether oxygens (including phenoxy) is 1. The Bertz CT molecular complexity index is 1970. The van der Waals surface area contributed by atoms with Crippen molar-refractivity contribution in [2.75, 3.05) is 73.7 Å². The normalized spacial score (nSPS) is 15.1. The Kier molecular flexibility index (Phi) is 13.7. The second-order valence-electron chi connectivity index (χ2n) is 14.0. The first-order valence-electron chi connectivity index (χ1n) is 18.7. The fourth-order valence-corrected chi connectivity index (χ4v) is 7.88. The number of hydrogen-bond donors (Lipinski definition) is 6. The Labute approximate surface area is 329 Å². The highest BCUT2D eigenvalue weighted by Gasteiger charge is 2.22. The molecule has 0 aromatic carbocycles. The predicted molar refractivity (Wildman–Crippen MR) is 215 cm³/mol. The molecule has 18 heteroatoms. The maximum Gasteiger partial charge on any atom is 0.277 e. The van der Waals surface area contributed by atoms with E-state index in [0.717, 1.165) is 57.3 Å². The Morgan fingerprint density at radius 3 is 1.89 bits per heavy atom. The van der Waals surface area contributed by atoms with Gasteiger partial charge in [0, 0.05) is 78.5 Å². The number of aromatic nitrogens is 4. The molecule has 6 N–H and O–H groups in total. The van der Waals surface area contributed by atoms with Crippen molar-refractivity contribution in [2.45, 2.75) is 44.6 Å². The third-order valence-electron chi connectivity index (χ3n) is 9.83. The van der Waals surface area contributed by atoms with Gasteiger partial charge in [0.25, 0.3) is 23.6 Å². The van der Waals surface area contributed by atoms with Gasteiger partial charge < -0.3 is 50.3 Å². The number of morpholine rings is 1. The second-order valence-corrected chi connectivity index (χ2v) is 15.1. The molecular formula is C37H50ClN11O5S. The summed E-state index contributed by atoms with van der Waals surface area (Å²) in [7, 11) is 5.13. The summed E-state index contributed by atoms with van der Waals surface area (Å²) >= 11 is 7.62. The molecule has 4 aromatic rings. The van der Waals surface area contributed by atoms with E-state index in [9.17, 15) is 19.2 Å². The molecule has 0 radical (unpaired) electrons. The third kappa shape index (κ3) is 10.5. The molecule has 55 heavy (non-hydrogen) atoms. The summed E-state index contributed by atoms with van der Waals surface area (Å²) in [5.74, 6) is -1.56. The fraction of sp³-hybridized carbons (Fsp3) is 0.486. The maximum atomic E-state index is 13.3.